The highest BCUT2D eigenvalue weighted by molar-refractivity contribution is 5.82. The number of ether oxygens (including phenoxy) is 1. The van der Waals surface area contributed by atoms with Crippen LogP contribution in [0.1, 0.15) is 38.6 Å². The van der Waals surface area contributed by atoms with E-state index in [0.717, 1.165) is 0 Å². The van der Waals surface area contributed by atoms with Crippen molar-refractivity contribution in [2.75, 3.05) is 6.54 Å². The molecule has 0 aliphatic carbocycles. The molecule has 0 saturated heterocycles. The molecule has 30 heavy (non-hydrogen) atoms. The van der Waals surface area contributed by atoms with Gasteiger partial charge in [0.1, 0.15) is 11.4 Å². The lowest BCUT2D eigenvalue weighted by Gasteiger charge is -2.20. The van der Waals surface area contributed by atoms with Gasteiger partial charge in [-0.15, -0.1) is 0 Å². The van der Waals surface area contributed by atoms with Crippen molar-refractivity contribution in [3.8, 4) is 5.69 Å². The van der Waals surface area contributed by atoms with Crippen LogP contribution in [0.4, 0.5) is 13.6 Å². The van der Waals surface area contributed by atoms with Crippen molar-refractivity contribution in [1.82, 2.24) is 14.9 Å². The molecule has 1 N–H and O–H groups in total. The number of fused-ring (bicyclic) bond motifs is 1. The molecular formula is C22H23F2N3O3. The van der Waals surface area contributed by atoms with E-state index in [1.165, 1.54) is 22.8 Å². The zero-order valence-corrected chi connectivity index (χ0v) is 17.0. The maximum absolute atomic E-state index is 13.5. The van der Waals surface area contributed by atoms with E-state index in [9.17, 15) is 18.4 Å². The molecule has 1 heterocycles. The molecule has 8 heteroatoms. The number of nitrogens with zero attached hydrogens (tertiary/aromatic N) is 2. The Morgan fingerprint density at radius 2 is 1.83 bits per heavy atom. The number of amides is 1. The molecule has 0 unspecified atom stereocenters. The van der Waals surface area contributed by atoms with E-state index in [0.29, 0.717) is 11.5 Å². The predicted molar refractivity (Wildman–Crippen MR) is 110 cm³/mol. The number of carbonyl (C=O) groups excluding carboxylic acids is 1. The third-order valence-electron chi connectivity index (χ3n) is 4.27. The van der Waals surface area contributed by atoms with Gasteiger partial charge in [-0.25, -0.2) is 18.6 Å². The Labute approximate surface area is 172 Å². The monoisotopic (exact) mass is 415 g/mol. The number of benzene rings is 2. The van der Waals surface area contributed by atoms with Crippen molar-refractivity contribution in [2.24, 2.45) is 0 Å². The average Bonchev–Trinajstić information content (AvgIpc) is 2.67. The SMILES string of the molecule is CC(C)(C)OC(=O)NCCc1nc2cccc(C(F)F)c2c(=O)n1-c1ccccc1. The van der Waals surface area contributed by atoms with E-state index in [1.54, 1.807) is 51.1 Å². The summed E-state index contributed by atoms with van der Waals surface area (Å²) < 4.78 is 33.5. The summed E-state index contributed by atoms with van der Waals surface area (Å²) in [6, 6.07) is 12.9. The second-order valence-electron chi connectivity index (χ2n) is 7.72. The van der Waals surface area contributed by atoms with Gasteiger partial charge >= 0.3 is 6.09 Å². The molecule has 0 radical (unpaired) electrons. The summed E-state index contributed by atoms with van der Waals surface area (Å²) in [5.74, 6) is 0.348. The summed E-state index contributed by atoms with van der Waals surface area (Å²) >= 11 is 0. The topological polar surface area (TPSA) is 73.2 Å². The van der Waals surface area contributed by atoms with Gasteiger partial charge in [0, 0.05) is 18.5 Å². The molecule has 0 spiro atoms. The second-order valence-corrected chi connectivity index (χ2v) is 7.72. The number of hydrogen-bond acceptors (Lipinski definition) is 4. The summed E-state index contributed by atoms with van der Waals surface area (Å²) in [6.07, 6.45) is -3.18. The molecule has 1 amide bonds. The van der Waals surface area contributed by atoms with Gasteiger partial charge in [-0.3, -0.25) is 9.36 Å². The third-order valence-corrected chi connectivity index (χ3v) is 4.27. The standard InChI is InChI=1S/C22H23F2N3O3/c1-22(2,3)30-21(29)25-13-12-17-26-16-11-7-10-15(19(23)24)18(16)20(28)27(17)14-8-5-4-6-9-14/h4-11,19H,12-13H2,1-3H3,(H,25,29). The zero-order valence-electron chi connectivity index (χ0n) is 17.0. The first-order chi connectivity index (χ1) is 14.2. The predicted octanol–water partition coefficient (Wildman–Crippen LogP) is 4.39. The van der Waals surface area contributed by atoms with Crippen molar-refractivity contribution in [3.63, 3.8) is 0 Å². The summed E-state index contributed by atoms with van der Waals surface area (Å²) in [7, 11) is 0. The number of carbonyl (C=O) groups is 1. The van der Waals surface area contributed by atoms with Crippen LogP contribution in [0, 0.1) is 0 Å². The smallest absolute Gasteiger partial charge is 0.407 e. The fourth-order valence-electron chi connectivity index (χ4n) is 3.09. The fraction of sp³-hybridized carbons (Fsp3) is 0.318. The Morgan fingerprint density at radius 1 is 1.13 bits per heavy atom. The van der Waals surface area contributed by atoms with Crippen LogP contribution in [0.5, 0.6) is 0 Å². The number of rotatable bonds is 5. The molecule has 1 aromatic heterocycles. The van der Waals surface area contributed by atoms with Gasteiger partial charge in [0.25, 0.3) is 12.0 Å². The molecule has 3 aromatic rings. The Morgan fingerprint density at radius 3 is 2.47 bits per heavy atom. The van der Waals surface area contributed by atoms with Crippen LogP contribution in [0.3, 0.4) is 0 Å². The quantitative estimate of drug-likeness (QED) is 0.671. The maximum Gasteiger partial charge on any atom is 0.407 e. The Hall–Kier alpha value is -3.29. The Kier molecular flexibility index (Phi) is 6.14. The molecular weight excluding hydrogens is 392 g/mol. The summed E-state index contributed by atoms with van der Waals surface area (Å²) in [5.41, 5.74) is -0.865. The van der Waals surface area contributed by atoms with E-state index < -0.39 is 23.7 Å². The second kappa shape index (κ2) is 8.61. The number of alkyl halides is 2. The number of para-hydroxylation sites is 1. The first kappa shape index (κ1) is 21.4. The van der Waals surface area contributed by atoms with Crippen LogP contribution in [-0.2, 0) is 11.2 Å². The lowest BCUT2D eigenvalue weighted by Crippen LogP contribution is -2.34. The number of nitrogens with one attached hydrogen (secondary N) is 1. The van der Waals surface area contributed by atoms with Gasteiger partial charge in [-0.05, 0) is 39.0 Å². The highest BCUT2D eigenvalue weighted by atomic mass is 19.3. The van der Waals surface area contributed by atoms with Crippen molar-refractivity contribution in [3.05, 3.63) is 70.3 Å². The van der Waals surface area contributed by atoms with Crippen molar-refractivity contribution < 1.29 is 18.3 Å². The van der Waals surface area contributed by atoms with Gasteiger partial charge in [0.2, 0.25) is 0 Å². The molecule has 0 aliphatic heterocycles. The minimum absolute atomic E-state index is 0.111. The molecule has 0 fully saturated rings. The maximum atomic E-state index is 13.5. The van der Waals surface area contributed by atoms with Crippen molar-refractivity contribution >= 4 is 17.0 Å². The lowest BCUT2D eigenvalue weighted by atomic mass is 10.1. The molecule has 158 valence electrons. The number of hydrogen-bond donors (Lipinski definition) is 1. The normalized spacial score (nSPS) is 11.7. The molecule has 0 atom stereocenters. The zero-order chi connectivity index (χ0) is 21.9. The largest absolute Gasteiger partial charge is 0.444 e. The van der Waals surface area contributed by atoms with Crippen molar-refractivity contribution in [2.45, 2.75) is 39.2 Å². The molecule has 6 nitrogen and oxygen atoms in total. The van der Waals surface area contributed by atoms with Crippen LogP contribution in [0.2, 0.25) is 0 Å². The summed E-state index contributed by atoms with van der Waals surface area (Å²) in [5, 5.41) is 2.52. The molecule has 0 bridgehead atoms. The Balaban J connectivity index is 2.03. The summed E-state index contributed by atoms with van der Waals surface area (Å²) in [4.78, 5) is 29.6. The van der Waals surface area contributed by atoms with E-state index >= 15 is 0 Å². The van der Waals surface area contributed by atoms with E-state index in [4.69, 9.17) is 4.74 Å². The third kappa shape index (κ3) is 4.82. The highest BCUT2D eigenvalue weighted by Crippen LogP contribution is 2.25. The van der Waals surface area contributed by atoms with Gasteiger partial charge in [-0.1, -0.05) is 30.3 Å². The van der Waals surface area contributed by atoms with Gasteiger partial charge in [-0.2, -0.15) is 0 Å². The van der Waals surface area contributed by atoms with Gasteiger partial charge < -0.3 is 10.1 Å². The molecule has 2 aromatic carbocycles. The van der Waals surface area contributed by atoms with Crippen molar-refractivity contribution in [1.29, 1.82) is 0 Å². The fourth-order valence-corrected chi connectivity index (χ4v) is 3.09. The summed E-state index contributed by atoms with van der Waals surface area (Å²) in [6.45, 7) is 5.43. The van der Waals surface area contributed by atoms with Crippen LogP contribution in [0.25, 0.3) is 16.6 Å². The van der Waals surface area contributed by atoms with Crippen LogP contribution >= 0.6 is 0 Å². The minimum Gasteiger partial charge on any atom is -0.444 e. The van der Waals surface area contributed by atoms with E-state index in [-0.39, 0.29) is 29.4 Å². The average molecular weight is 415 g/mol. The minimum atomic E-state index is -2.80. The molecule has 3 rings (SSSR count). The van der Waals surface area contributed by atoms with E-state index in [2.05, 4.69) is 10.3 Å². The first-order valence-electron chi connectivity index (χ1n) is 9.52. The van der Waals surface area contributed by atoms with Crippen LogP contribution < -0.4 is 10.9 Å². The van der Waals surface area contributed by atoms with Crippen LogP contribution in [0.15, 0.2) is 53.3 Å². The van der Waals surface area contributed by atoms with Gasteiger partial charge in [0.15, 0.2) is 0 Å². The number of alkyl carbamates (subject to hydrolysis) is 1. The van der Waals surface area contributed by atoms with E-state index in [1.807, 2.05) is 0 Å². The Bertz CT molecular complexity index is 1110. The number of halogens is 2. The lowest BCUT2D eigenvalue weighted by molar-refractivity contribution is 0.0528. The first-order valence-corrected chi connectivity index (χ1v) is 9.52. The number of aromatic nitrogens is 2. The molecule has 0 aliphatic rings. The van der Waals surface area contributed by atoms with Gasteiger partial charge in [0.05, 0.1) is 16.6 Å². The van der Waals surface area contributed by atoms with Crippen LogP contribution in [-0.4, -0.2) is 27.8 Å². The molecule has 0 saturated carbocycles. The highest BCUT2D eigenvalue weighted by Gasteiger charge is 2.20.